The first-order valence-corrected chi connectivity index (χ1v) is 11.5. The van der Waals surface area contributed by atoms with E-state index in [9.17, 15) is 9.59 Å². The van der Waals surface area contributed by atoms with E-state index in [4.69, 9.17) is 0 Å². The quantitative estimate of drug-likeness (QED) is 0.797. The van der Waals surface area contributed by atoms with E-state index in [0.717, 1.165) is 68.8 Å². The van der Waals surface area contributed by atoms with E-state index >= 15 is 0 Å². The lowest BCUT2D eigenvalue weighted by molar-refractivity contribution is -0.130. The van der Waals surface area contributed by atoms with Gasteiger partial charge in [0.1, 0.15) is 5.82 Å². The van der Waals surface area contributed by atoms with Gasteiger partial charge in [0.25, 0.3) is 0 Å². The van der Waals surface area contributed by atoms with Crippen LogP contribution in [0.15, 0.2) is 48.7 Å². The molecule has 164 valence electrons. The summed E-state index contributed by atoms with van der Waals surface area (Å²) in [6.45, 7) is 3.11. The van der Waals surface area contributed by atoms with Crippen molar-refractivity contribution < 1.29 is 9.59 Å². The first-order valence-electron chi connectivity index (χ1n) is 11.5. The van der Waals surface area contributed by atoms with Gasteiger partial charge in [0.2, 0.25) is 11.8 Å². The predicted molar refractivity (Wildman–Crippen MR) is 123 cm³/mol. The summed E-state index contributed by atoms with van der Waals surface area (Å²) in [5, 5.41) is 3.03. The van der Waals surface area contributed by atoms with Gasteiger partial charge in [-0.1, -0.05) is 49.6 Å². The van der Waals surface area contributed by atoms with E-state index < -0.39 is 0 Å². The van der Waals surface area contributed by atoms with Crippen molar-refractivity contribution in [1.82, 2.24) is 9.88 Å². The zero-order valence-corrected chi connectivity index (χ0v) is 18.1. The van der Waals surface area contributed by atoms with Crippen molar-refractivity contribution in [3.05, 3.63) is 54.2 Å². The maximum absolute atomic E-state index is 12.7. The zero-order chi connectivity index (χ0) is 21.5. The van der Waals surface area contributed by atoms with Crippen LogP contribution in [0.4, 0.5) is 11.5 Å². The molecule has 2 fully saturated rings. The first kappa shape index (κ1) is 21.3. The average Bonchev–Trinajstić information content (AvgIpc) is 3.07. The second-order valence-electron chi connectivity index (χ2n) is 8.61. The molecule has 0 atom stereocenters. The molecule has 1 saturated heterocycles. The molecule has 1 aliphatic carbocycles. The van der Waals surface area contributed by atoms with Gasteiger partial charge in [0.05, 0.1) is 18.3 Å². The monoisotopic (exact) mass is 420 g/mol. The molecule has 0 bridgehead atoms. The molecule has 1 aromatic heterocycles. The van der Waals surface area contributed by atoms with Crippen LogP contribution in [0.25, 0.3) is 0 Å². The molecule has 2 amide bonds. The Kier molecular flexibility index (Phi) is 7.18. The topological polar surface area (TPSA) is 65.5 Å². The third-order valence-corrected chi connectivity index (χ3v) is 6.36. The number of rotatable bonds is 5. The fourth-order valence-electron chi connectivity index (χ4n) is 4.53. The fraction of sp³-hybridized carbons (Fsp3) is 0.480. The zero-order valence-electron chi connectivity index (χ0n) is 18.1. The number of hydrogen-bond acceptors (Lipinski definition) is 4. The van der Waals surface area contributed by atoms with Gasteiger partial charge in [-0.3, -0.25) is 9.59 Å². The summed E-state index contributed by atoms with van der Waals surface area (Å²) in [6.07, 6.45) is 8.64. The Hall–Kier alpha value is -2.89. The van der Waals surface area contributed by atoms with Crippen molar-refractivity contribution in [3.8, 4) is 0 Å². The Bertz CT molecular complexity index is 863. The molecule has 0 radical (unpaired) electrons. The van der Waals surface area contributed by atoms with Gasteiger partial charge in [-0.15, -0.1) is 0 Å². The highest BCUT2D eigenvalue weighted by Crippen LogP contribution is 2.25. The number of aromatic nitrogens is 1. The smallest absolute Gasteiger partial charge is 0.227 e. The molecule has 31 heavy (non-hydrogen) atoms. The summed E-state index contributed by atoms with van der Waals surface area (Å²) < 4.78 is 0. The van der Waals surface area contributed by atoms with E-state index in [1.54, 1.807) is 6.20 Å². The fourth-order valence-corrected chi connectivity index (χ4v) is 4.53. The van der Waals surface area contributed by atoms with Gasteiger partial charge in [0.15, 0.2) is 0 Å². The van der Waals surface area contributed by atoms with Gasteiger partial charge in [0, 0.05) is 32.1 Å². The third kappa shape index (κ3) is 5.84. The minimum absolute atomic E-state index is 0.122. The molecule has 2 aliphatic rings. The van der Waals surface area contributed by atoms with E-state index in [1.165, 1.54) is 6.42 Å². The second kappa shape index (κ2) is 10.4. The van der Waals surface area contributed by atoms with Crippen LogP contribution in [0.1, 0.15) is 44.1 Å². The van der Waals surface area contributed by atoms with Crippen LogP contribution in [0.3, 0.4) is 0 Å². The maximum Gasteiger partial charge on any atom is 0.227 e. The molecule has 2 heterocycles. The molecule has 6 nitrogen and oxygen atoms in total. The van der Waals surface area contributed by atoms with E-state index in [-0.39, 0.29) is 17.7 Å². The summed E-state index contributed by atoms with van der Waals surface area (Å²) >= 11 is 0. The largest absolute Gasteiger partial charge is 0.355 e. The van der Waals surface area contributed by atoms with Crippen molar-refractivity contribution >= 4 is 23.3 Å². The van der Waals surface area contributed by atoms with Crippen LogP contribution >= 0.6 is 0 Å². The maximum atomic E-state index is 12.7. The molecule has 6 heteroatoms. The number of hydrogen-bond donors (Lipinski definition) is 1. The van der Waals surface area contributed by atoms with Crippen LogP contribution < -0.4 is 10.2 Å². The molecule has 1 N–H and O–H groups in total. The number of pyridine rings is 1. The molecular weight excluding hydrogens is 388 g/mol. The van der Waals surface area contributed by atoms with E-state index in [1.807, 2.05) is 47.4 Å². The average molecular weight is 421 g/mol. The lowest BCUT2D eigenvalue weighted by Crippen LogP contribution is -2.36. The van der Waals surface area contributed by atoms with Gasteiger partial charge in [-0.2, -0.15) is 0 Å². The normalized spacial score (nSPS) is 17.8. The molecule has 0 spiro atoms. The molecule has 1 aliphatic heterocycles. The van der Waals surface area contributed by atoms with Crippen LogP contribution in [0, 0.1) is 5.92 Å². The highest BCUT2D eigenvalue weighted by molar-refractivity contribution is 5.92. The number of nitrogens with zero attached hydrogens (tertiary/aromatic N) is 3. The first-order chi connectivity index (χ1) is 15.2. The van der Waals surface area contributed by atoms with Crippen LogP contribution in [0.5, 0.6) is 0 Å². The van der Waals surface area contributed by atoms with Crippen molar-refractivity contribution in [2.24, 2.45) is 5.92 Å². The molecule has 4 rings (SSSR count). The minimum atomic E-state index is 0.122. The van der Waals surface area contributed by atoms with Crippen molar-refractivity contribution in [3.63, 3.8) is 0 Å². The van der Waals surface area contributed by atoms with E-state index in [0.29, 0.717) is 13.0 Å². The third-order valence-electron chi connectivity index (χ3n) is 6.36. The Morgan fingerprint density at radius 3 is 2.45 bits per heavy atom. The Morgan fingerprint density at radius 1 is 0.903 bits per heavy atom. The standard InChI is InChI=1S/C25H32N4O2/c30-24(18-20-8-3-1-4-9-20)29-15-7-14-28(16-17-29)23-13-12-22(19-26-23)27-25(31)21-10-5-2-6-11-21/h1,3-4,8-9,12-13,19,21H,2,5-7,10-11,14-18H2,(H,27,31). The molecule has 2 aromatic rings. The number of amides is 2. The summed E-state index contributed by atoms with van der Waals surface area (Å²) in [4.78, 5) is 33.9. The number of benzene rings is 1. The van der Waals surface area contributed by atoms with Crippen molar-refractivity contribution in [2.45, 2.75) is 44.9 Å². The summed E-state index contributed by atoms with van der Waals surface area (Å²) in [5.74, 6) is 1.34. The summed E-state index contributed by atoms with van der Waals surface area (Å²) in [6, 6.07) is 13.8. The SMILES string of the molecule is O=C(Nc1ccc(N2CCCN(C(=O)Cc3ccccc3)CC2)nc1)C1CCCCC1. The molecule has 0 unspecified atom stereocenters. The molecule has 1 aromatic carbocycles. The second-order valence-corrected chi connectivity index (χ2v) is 8.61. The number of carbonyl (C=O) groups is 2. The van der Waals surface area contributed by atoms with Crippen molar-refractivity contribution in [2.75, 3.05) is 36.4 Å². The number of nitrogens with one attached hydrogen (secondary N) is 1. The number of anilines is 2. The summed E-state index contributed by atoms with van der Waals surface area (Å²) in [5.41, 5.74) is 1.81. The van der Waals surface area contributed by atoms with Crippen LogP contribution in [0.2, 0.25) is 0 Å². The lowest BCUT2D eigenvalue weighted by atomic mass is 9.88. The Labute approximate surface area is 184 Å². The molecule has 1 saturated carbocycles. The Morgan fingerprint density at radius 2 is 1.71 bits per heavy atom. The van der Waals surface area contributed by atoms with Gasteiger partial charge in [-0.05, 0) is 37.0 Å². The van der Waals surface area contributed by atoms with E-state index in [2.05, 4.69) is 15.2 Å². The predicted octanol–water partition coefficient (Wildman–Crippen LogP) is 3.88. The van der Waals surface area contributed by atoms with Crippen molar-refractivity contribution in [1.29, 1.82) is 0 Å². The summed E-state index contributed by atoms with van der Waals surface area (Å²) in [7, 11) is 0. The number of carbonyl (C=O) groups excluding carboxylic acids is 2. The lowest BCUT2D eigenvalue weighted by Gasteiger charge is -2.23. The molecular formula is C25H32N4O2. The van der Waals surface area contributed by atoms with Crippen LogP contribution in [-0.4, -0.2) is 47.9 Å². The highest BCUT2D eigenvalue weighted by atomic mass is 16.2. The Balaban J connectivity index is 1.29. The minimum Gasteiger partial charge on any atom is -0.355 e. The van der Waals surface area contributed by atoms with Crippen LogP contribution in [-0.2, 0) is 16.0 Å². The highest BCUT2D eigenvalue weighted by Gasteiger charge is 2.22. The van der Waals surface area contributed by atoms with Gasteiger partial charge in [-0.25, -0.2) is 4.98 Å². The van der Waals surface area contributed by atoms with Gasteiger partial charge < -0.3 is 15.1 Å². The van der Waals surface area contributed by atoms with Gasteiger partial charge >= 0.3 is 0 Å².